The molecule has 0 bridgehead atoms. The number of benzene rings is 2. The molecule has 1 unspecified atom stereocenters. The van der Waals surface area contributed by atoms with Crippen LogP contribution in [-0.2, 0) is 23.1 Å². The summed E-state index contributed by atoms with van der Waals surface area (Å²) in [6, 6.07) is 16.9. The molecule has 3 nitrogen and oxygen atoms in total. The van der Waals surface area contributed by atoms with Crippen molar-refractivity contribution in [1.29, 1.82) is 5.26 Å². The van der Waals surface area contributed by atoms with Crippen molar-refractivity contribution in [2.45, 2.75) is 148 Å². The van der Waals surface area contributed by atoms with Crippen molar-refractivity contribution < 1.29 is 9.53 Å². The smallest absolute Gasteiger partial charge is 0.321 e. The Morgan fingerprint density at radius 1 is 0.829 bits per heavy atom. The lowest BCUT2D eigenvalue weighted by Gasteiger charge is -2.35. The lowest BCUT2D eigenvalue weighted by atomic mass is 9.69. The Balaban J connectivity index is 1.65. The van der Waals surface area contributed by atoms with E-state index < -0.39 is 5.41 Å². The zero-order chi connectivity index (χ0) is 29.3. The van der Waals surface area contributed by atoms with Gasteiger partial charge in [0.15, 0.2) is 0 Å². The summed E-state index contributed by atoms with van der Waals surface area (Å²) in [7, 11) is 0. The summed E-state index contributed by atoms with van der Waals surface area (Å²) in [5.41, 5.74) is 3.41. The number of rotatable bonds is 18. The van der Waals surface area contributed by atoms with Crippen LogP contribution in [0.5, 0.6) is 5.75 Å². The Hall–Kier alpha value is -2.60. The molecule has 1 aliphatic carbocycles. The number of hydrogen-bond acceptors (Lipinski definition) is 3. The molecule has 0 aromatic heterocycles. The summed E-state index contributed by atoms with van der Waals surface area (Å²) in [5, 5.41) is 9.92. The summed E-state index contributed by atoms with van der Waals surface area (Å²) in [6.07, 6.45) is 22.3. The molecule has 1 aliphatic rings. The van der Waals surface area contributed by atoms with Crippen molar-refractivity contribution in [1.82, 2.24) is 0 Å². The van der Waals surface area contributed by atoms with Crippen LogP contribution in [0.25, 0.3) is 0 Å². The fraction of sp³-hybridized carbons (Fsp3) is 0.632. The maximum absolute atomic E-state index is 13.9. The van der Waals surface area contributed by atoms with Crippen molar-refractivity contribution in [2.24, 2.45) is 5.92 Å². The quantitative estimate of drug-likeness (QED) is 0.104. The molecule has 1 fully saturated rings. The molecule has 2 aromatic carbocycles. The Labute approximate surface area is 251 Å². The van der Waals surface area contributed by atoms with Crippen molar-refractivity contribution in [3.05, 3.63) is 64.7 Å². The molecular weight excluding hydrogens is 502 g/mol. The molecule has 0 N–H and O–H groups in total. The van der Waals surface area contributed by atoms with Gasteiger partial charge in [0, 0.05) is 0 Å². The van der Waals surface area contributed by atoms with Gasteiger partial charge in [-0.15, -0.1) is 0 Å². The summed E-state index contributed by atoms with van der Waals surface area (Å²) in [5.74, 6) is 0.824. The van der Waals surface area contributed by atoms with Gasteiger partial charge in [0.25, 0.3) is 0 Å². The number of ether oxygens (including phenoxy) is 1. The first kappa shape index (κ1) is 32.9. The first-order valence-corrected chi connectivity index (χ1v) is 16.9. The summed E-state index contributed by atoms with van der Waals surface area (Å²) in [4.78, 5) is 13.9. The van der Waals surface area contributed by atoms with Gasteiger partial charge in [-0.3, -0.25) is 4.79 Å². The number of nitrogens with zero attached hydrogens (tertiary/aromatic N) is 1. The van der Waals surface area contributed by atoms with Gasteiger partial charge in [-0.2, -0.15) is 5.26 Å². The second kappa shape index (κ2) is 18.0. The van der Waals surface area contributed by atoms with Gasteiger partial charge in [0.05, 0.1) is 11.0 Å². The fourth-order valence-corrected chi connectivity index (χ4v) is 6.57. The highest BCUT2D eigenvalue weighted by Gasteiger charge is 2.43. The van der Waals surface area contributed by atoms with Crippen LogP contribution in [0, 0.1) is 17.2 Å². The van der Waals surface area contributed by atoms with E-state index in [-0.39, 0.29) is 5.97 Å². The van der Waals surface area contributed by atoms with Crippen molar-refractivity contribution >= 4 is 5.97 Å². The van der Waals surface area contributed by atoms with E-state index in [1.807, 2.05) is 18.2 Å². The highest BCUT2D eigenvalue weighted by molar-refractivity contribution is 5.85. The van der Waals surface area contributed by atoms with Crippen LogP contribution in [-0.4, -0.2) is 5.97 Å². The number of aryl methyl sites for hydroxylation is 1. The van der Waals surface area contributed by atoms with Gasteiger partial charge in [0.1, 0.15) is 11.8 Å². The van der Waals surface area contributed by atoms with Crippen molar-refractivity contribution in [3.8, 4) is 11.8 Å². The zero-order valence-electron chi connectivity index (χ0n) is 26.3. The lowest BCUT2D eigenvalue weighted by molar-refractivity contribution is -0.142. The second-order valence-electron chi connectivity index (χ2n) is 12.5. The zero-order valence-corrected chi connectivity index (χ0v) is 26.3. The average Bonchev–Trinajstić information content (AvgIpc) is 3.01. The lowest BCUT2D eigenvalue weighted by Crippen LogP contribution is -2.41. The van der Waals surface area contributed by atoms with Gasteiger partial charge in [-0.1, -0.05) is 141 Å². The molecule has 0 amide bonds. The topological polar surface area (TPSA) is 50.1 Å². The third-order valence-corrected chi connectivity index (χ3v) is 9.36. The minimum absolute atomic E-state index is 0.202. The van der Waals surface area contributed by atoms with E-state index in [9.17, 15) is 10.1 Å². The normalized spacial score (nSPS) is 15.3. The maximum Gasteiger partial charge on any atom is 0.321 e. The molecular formula is C38H55NO2. The maximum atomic E-state index is 13.9. The molecule has 41 heavy (non-hydrogen) atoms. The summed E-state index contributed by atoms with van der Waals surface area (Å²) >= 11 is 0. The predicted molar refractivity (Wildman–Crippen MR) is 171 cm³/mol. The van der Waals surface area contributed by atoms with Crippen molar-refractivity contribution in [2.75, 3.05) is 0 Å². The van der Waals surface area contributed by atoms with Crippen LogP contribution >= 0.6 is 0 Å². The van der Waals surface area contributed by atoms with Crippen LogP contribution in [0.4, 0.5) is 0 Å². The standard InChI is InChI=1S/C38H55NO2/c1-4-7-9-10-11-12-13-15-19-32-20-23-35(24-21-32)38(26-16-14-17-27-38)37(40)41-36-25-22-33(29-34(36)30-39)28-31(6-3)18-8-5-2/h20-25,29,31H,4-19,26-28H2,1-3H3. The SMILES string of the molecule is CCCCCCCCCCc1ccc(C2(C(=O)Oc3ccc(CC(CC)CCCC)cc3C#N)CCCCC2)cc1. The number of carbonyl (C=O) groups excluding carboxylic acids is 1. The van der Waals surface area contributed by atoms with Gasteiger partial charge < -0.3 is 4.74 Å². The molecule has 0 spiro atoms. The molecule has 1 atom stereocenters. The van der Waals surface area contributed by atoms with Crippen LogP contribution < -0.4 is 4.74 Å². The van der Waals surface area contributed by atoms with E-state index in [0.717, 1.165) is 62.5 Å². The van der Waals surface area contributed by atoms with E-state index >= 15 is 0 Å². The van der Waals surface area contributed by atoms with E-state index in [1.165, 1.54) is 76.2 Å². The third kappa shape index (κ3) is 10.0. The number of esters is 1. The minimum Gasteiger partial charge on any atom is -0.424 e. The predicted octanol–water partition coefficient (Wildman–Crippen LogP) is 10.8. The largest absolute Gasteiger partial charge is 0.424 e. The van der Waals surface area contributed by atoms with Gasteiger partial charge in [-0.25, -0.2) is 0 Å². The van der Waals surface area contributed by atoms with Crippen LogP contribution in [0.2, 0.25) is 0 Å². The molecule has 3 rings (SSSR count). The van der Waals surface area contributed by atoms with E-state index in [2.05, 4.69) is 51.1 Å². The number of unbranched alkanes of at least 4 members (excludes halogenated alkanes) is 8. The van der Waals surface area contributed by atoms with Crippen molar-refractivity contribution in [3.63, 3.8) is 0 Å². The fourth-order valence-electron chi connectivity index (χ4n) is 6.57. The first-order chi connectivity index (χ1) is 20.1. The van der Waals surface area contributed by atoms with Crippen LogP contribution in [0.1, 0.15) is 152 Å². The minimum atomic E-state index is -0.631. The molecule has 0 aliphatic heterocycles. The molecule has 2 aromatic rings. The summed E-state index contributed by atoms with van der Waals surface area (Å²) < 4.78 is 6.08. The molecule has 0 radical (unpaired) electrons. The van der Waals surface area contributed by atoms with E-state index in [1.54, 1.807) is 0 Å². The highest BCUT2D eigenvalue weighted by atomic mass is 16.5. The van der Waals surface area contributed by atoms with Gasteiger partial charge in [-0.05, 0) is 66.8 Å². The average molecular weight is 558 g/mol. The van der Waals surface area contributed by atoms with Gasteiger partial charge >= 0.3 is 5.97 Å². The number of nitriles is 1. The van der Waals surface area contributed by atoms with E-state index in [4.69, 9.17) is 4.74 Å². The summed E-state index contributed by atoms with van der Waals surface area (Å²) in [6.45, 7) is 6.74. The monoisotopic (exact) mass is 557 g/mol. The van der Waals surface area contributed by atoms with Crippen LogP contribution in [0.15, 0.2) is 42.5 Å². The molecule has 0 heterocycles. The van der Waals surface area contributed by atoms with Gasteiger partial charge in [0.2, 0.25) is 0 Å². The molecule has 3 heteroatoms. The first-order valence-electron chi connectivity index (χ1n) is 16.9. The third-order valence-electron chi connectivity index (χ3n) is 9.36. The molecule has 1 saturated carbocycles. The molecule has 0 saturated heterocycles. The number of hydrogen-bond donors (Lipinski definition) is 0. The highest BCUT2D eigenvalue weighted by Crippen LogP contribution is 2.41. The Bertz CT molecular complexity index is 1070. The molecule has 224 valence electrons. The van der Waals surface area contributed by atoms with Crippen LogP contribution in [0.3, 0.4) is 0 Å². The Morgan fingerprint density at radius 3 is 2.10 bits per heavy atom. The van der Waals surface area contributed by atoms with E-state index in [0.29, 0.717) is 17.2 Å². The number of carbonyl (C=O) groups is 1. The Morgan fingerprint density at radius 2 is 1.46 bits per heavy atom. The Kier molecular flexibility index (Phi) is 14.5. The second-order valence-corrected chi connectivity index (χ2v) is 12.5.